The van der Waals surface area contributed by atoms with Gasteiger partial charge in [-0.1, -0.05) is 62.9 Å². The average Bonchev–Trinajstić information content (AvgIpc) is 2.63. The van der Waals surface area contributed by atoms with Crippen molar-refractivity contribution in [3.8, 4) is 0 Å². The zero-order chi connectivity index (χ0) is 16.8. The summed E-state index contributed by atoms with van der Waals surface area (Å²) in [5, 5.41) is 0. The van der Waals surface area contributed by atoms with Crippen molar-refractivity contribution in [1.29, 1.82) is 0 Å². The Labute approximate surface area is 164 Å². The monoisotopic (exact) mass is 452 g/mol. The molecule has 2 aliphatic carbocycles. The smallest absolute Gasteiger partial charge is 0.0175 e. The van der Waals surface area contributed by atoms with Crippen LogP contribution in [0.25, 0.3) is 0 Å². The van der Waals surface area contributed by atoms with E-state index in [4.69, 9.17) is 0 Å². The molecule has 1 aromatic rings. The molecule has 0 nitrogen and oxygen atoms in total. The second-order valence-corrected chi connectivity index (χ2v) is 9.38. The van der Waals surface area contributed by atoms with E-state index in [0.717, 1.165) is 23.7 Å². The summed E-state index contributed by atoms with van der Waals surface area (Å²) in [4.78, 5) is 2.06. The lowest BCUT2D eigenvalue weighted by atomic mass is 9.68. The van der Waals surface area contributed by atoms with Gasteiger partial charge in [-0.25, -0.2) is 0 Å². The molecule has 0 saturated heterocycles. The maximum Gasteiger partial charge on any atom is 0.0175 e. The van der Waals surface area contributed by atoms with Crippen LogP contribution in [0.5, 0.6) is 0 Å². The summed E-state index contributed by atoms with van der Waals surface area (Å²) in [6, 6.07) is 8.89. The van der Waals surface area contributed by atoms with Gasteiger partial charge in [0.25, 0.3) is 0 Å². The third-order valence-electron chi connectivity index (χ3n) is 6.47. The molecule has 0 heterocycles. The zero-order valence-electron chi connectivity index (χ0n) is 14.6. The van der Waals surface area contributed by atoms with E-state index in [1.165, 1.54) is 74.2 Å². The second-order valence-electron chi connectivity index (χ2n) is 7.94. The van der Waals surface area contributed by atoms with Gasteiger partial charge in [0.15, 0.2) is 0 Å². The van der Waals surface area contributed by atoms with Crippen LogP contribution in [0.15, 0.2) is 39.8 Å². The highest BCUT2D eigenvalue weighted by atomic mass is 79.9. The van der Waals surface area contributed by atoms with Gasteiger partial charge < -0.3 is 0 Å². The molecule has 24 heavy (non-hydrogen) atoms. The Hall–Kier alpha value is -0.0800. The van der Waals surface area contributed by atoms with Crippen LogP contribution in [0.4, 0.5) is 0 Å². The number of hydrogen-bond acceptors (Lipinski definition) is 0. The fourth-order valence-corrected chi connectivity index (χ4v) is 5.58. The number of benzene rings is 1. The van der Waals surface area contributed by atoms with Crippen molar-refractivity contribution in [2.45, 2.75) is 64.2 Å². The molecular formula is C22H30Br2. The van der Waals surface area contributed by atoms with E-state index in [9.17, 15) is 0 Å². The summed E-state index contributed by atoms with van der Waals surface area (Å²) in [6.45, 7) is 0. The Morgan fingerprint density at radius 3 is 2.00 bits per heavy atom. The van der Waals surface area contributed by atoms with E-state index < -0.39 is 0 Å². The average molecular weight is 454 g/mol. The Morgan fingerprint density at radius 1 is 0.833 bits per heavy atom. The van der Waals surface area contributed by atoms with Gasteiger partial charge in [0.05, 0.1) is 0 Å². The van der Waals surface area contributed by atoms with Crippen LogP contribution in [0.1, 0.15) is 63.4 Å². The van der Waals surface area contributed by atoms with E-state index in [1.807, 2.05) is 0 Å². The molecule has 0 aromatic heterocycles. The first-order chi connectivity index (χ1) is 11.7. The molecule has 2 aliphatic rings. The molecule has 0 amide bonds. The highest BCUT2D eigenvalue weighted by molar-refractivity contribution is 9.11. The highest BCUT2D eigenvalue weighted by Gasteiger charge is 2.30. The predicted molar refractivity (Wildman–Crippen MR) is 111 cm³/mol. The highest BCUT2D eigenvalue weighted by Crippen LogP contribution is 2.42. The van der Waals surface area contributed by atoms with Crippen LogP contribution in [0.3, 0.4) is 0 Å². The van der Waals surface area contributed by atoms with Gasteiger partial charge in [-0.05, 0) is 97.7 Å². The number of allylic oxidation sites excluding steroid dienone is 1. The van der Waals surface area contributed by atoms with Gasteiger partial charge in [-0.15, -0.1) is 0 Å². The molecule has 2 fully saturated rings. The lowest BCUT2D eigenvalue weighted by Crippen LogP contribution is -2.25. The van der Waals surface area contributed by atoms with Gasteiger partial charge in [0, 0.05) is 4.47 Å². The molecule has 3 rings (SSSR count). The fourth-order valence-electron chi connectivity index (χ4n) is 4.88. The number of halogens is 2. The summed E-state index contributed by atoms with van der Waals surface area (Å²) >= 11 is 6.96. The second kappa shape index (κ2) is 9.57. The van der Waals surface area contributed by atoms with Crippen molar-refractivity contribution >= 4 is 31.9 Å². The van der Waals surface area contributed by atoms with Crippen molar-refractivity contribution in [3.63, 3.8) is 0 Å². The first-order valence-electron chi connectivity index (χ1n) is 9.76. The lowest BCUT2D eigenvalue weighted by Gasteiger charge is -2.37. The Balaban J connectivity index is 1.37. The molecule has 0 bridgehead atoms. The van der Waals surface area contributed by atoms with E-state index in [0.29, 0.717) is 0 Å². The zero-order valence-corrected chi connectivity index (χ0v) is 17.8. The molecule has 2 saturated carbocycles. The Morgan fingerprint density at radius 2 is 1.42 bits per heavy atom. The summed E-state index contributed by atoms with van der Waals surface area (Å²) in [5.41, 5.74) is 1.50. The summed E-state index contributed by atoms with van der Waals surface area (Å²) in [5.74, 6) is 3.86. The molecule has 0 N–H and O–H groups in total. The van der Waals surface area contributed by atoms with E-state index in [-0.39, 0.29) is 0 Å². The van der Waals surface area contributed by atoms with Gasteiger partial charge >= 0.3 is 0 Å². The molecule has 132 valence electrons. The number of aryl methyl sites for hydroxylation is 1. The molecule has 0 aliphatic heterocycles. The van der Waals surface area contributed by atoms with Crippen LogP contribution < -0.4 is 0 Å². The van der Waals surface area contributed by atoms with E-state index in [1.54, 1.807) is 0 Å². The van der Waals surface area contributed by atoms with Crippen molar-refractivity contribution in [3.05, 3.63) is 45.4 Å². The number of rotatable bonds is 5. The molecule has 0 radical (unpaired) electrons. The van der Waals surface area contributed by atoms with Crippen molar-refractivity contribution in [2.24, 2.45) is 23.7 Å². The fraction of sp³-hybridized carbons (Fsp3) is 0.636. The normalized spacial score (nSPS) is 31.4. The standard InChI is InChI=1S/C22H30Br2/c23-16-15-19-5-11-21(12-6-19)20-9-3-17(4-10-20)1-2-18-7-13-22(24)14-8-18/h7-8,13-17,19-21H,1-6,9-12H2/b16-15+. The van der Waals surface area contributed by atoms with E-state index >= 15 is 0 Å². The SMILES string of the molecule is Br/C=C/C1CCC(C2CCC(CCc3ccc(Br)cc3)CC2)CC1. The van der Waals surface area contributed by atoms with Crippen molar-refractivity contribution in [1.82, 2.24) is 0 Å². The van der Waals surface area contributed by atoms with Crippen molar-refractivity contribution < 1.29 is 0 Å². The van der Waals surface area contributed by atoms with E-state index in [2.05, 4.69) is 67.2 Å². The molecule has 0 atom stereocenters. The summed E-state index contributed by atoms with van der Waals surface area (Å²) < 4.78 is 1.19. The molecule has 2 heteroatoms. The quantitative estimate of drug-likeness (QED) is 0.424. The Bertz CT molecular complexity index is 503. The largest absolute Gasteiger partial charge is 0.0745 e. The minimum Gasteiger partial charge on any atom is -0.0745 e. The molecule has 0 spiro atoms. The van der Waals surface area contributed by atoms with Crippen molar-refractivity contribution in [2.75, 3.05) is 0 Å². The van der Waals surface area contributed by atoms with Gasteiger partial charge in [-0.3, -0.25) is 0 Å². The van der Waals surface area contributed by atoms with Crippen LogP contribution in [0, 0.1) is 23.7 Å². The minimum absolute atomic E-state index is 0.836. The molecule has 0 unspecified atom stereocenters. The van der Waals surface area contributed by atoms with Crippen LogP contribution in [-0.2, 0) is 6.42 Å². The lowest BCUT2D eigenvalue weighted by molar-refractivity contribution is 0.153. The first-order valence-corrected chi connectivity index (χ1v) is 11.5. The topological polar surface area (TPSA) is 0 Å². The van der Waals surface area contributed by atoms with Gasteiger partial charge in [0.2, 0.25) is 0 Å². The first kappa shape index (κ1) is 18.7. The third kappa shape index (κ3) is 5.46. The molecular weight excluding hydrogens is 424 g/mol. The van der Waals surface area contributed by atoms with Crippen LogP contribution in [-0.4, -0.2) is 0 Å². The maximum atomic E-state index is 3.52. The minimum atomic E-state index is 0.836. The van der Waals surface area contributed by atoms with Crippen LogP contribution >= 0.6 is 31.9 Å². The van der Waals surface area contributed by atoms with Gasteiger partial charge in [-0.2, -0.15) is 0 Å². The van der Waals surface area contributed by atoms with Crippen LogP contribution in [0.2, 0.25) is 0 Å². The third-order valence-corrected chi connectivity index (χ3v) is 7.31. The summed E-state index contributed by atoms with van der Waals surface area (Å²) in [6.07, 6.45) is 16.7. The van der Waals surface area contributed by atoms with Gasteiger partial charge in [0.1, 0.15) is 0 Å². The summed E-state index contributed by atoms with van der Waals surface area (Å²) in [7, 11) is 0. The number of hydrogen-bond donors (Lipinski definition) is 0. The maximum absolute atomic E-state index is 3.52. The predicted octanol–water partition coefficient (Wildman–Crippen LogP) is 7.90. The Kier molecular flexibility index (Phi) is 7.46. The molecule has 1 aromatic carbocycles.